The lowest BCUT2D eigenvalue weighted by molar-refractivity contribution is 0.0611. The van der Waals surface area contributed by atoms with E-state index in [1.807, 2.05) is 4.90 Å². The van der Waals surface area contributed by atoms with Crippen LogP contribution in [0.15, 0.2) is 0 Å². The molecule has 0 aromatic heterocycles. The first kappa shape index (κ1) is 13.2. The third-order valence-electron chi connectivity index (χ3n) is 4.93. The van der Waals surface area contributed by atoms with Gasteiger partial charge < -0.3 is 20.4 Å². The molecule has 19 heavy (non-hydrogen) atoms. The molecule has 3 fully saturated rings. The number of likely N-dealkylation sites (tertiary alicyclic amines) is 1. The van der Waals surface area contributed by atoms with Gasteiger partial charge in [0.25, 0.3) is 0 Å². The molecule has 0 saturated carbocycles. The Hall–Kier alpha value is -0.810. The predicted octanol–water partition coefficient (Wildman–Crippen LogP) is 0.477. The summed E-state index contributed by atoms with van der Waals surface area (Å²) in [6.45, 7) is 8.41. The van der Waals surface area contributed by atoms with Crippen LogP contribution in [0.5, 0.6) is 0 Å². The number of amides is 2. The molecule has 5 nitrogen and oxygen atoms in total. The number of hydrogen-bond donors (Lipinski definition) is 2. The Bertz CT molecular complexity index is 322. The van der Waals surface area contributed by atoms with E-state index in [4.69, 9.17) is 0 Å². The van der Waals surface area contributed by atoms with Gasteiger partial charge >= 0.3 is 6.03 Å². The van der Waals surface area contributed by atoms with Crippen molar-refractivity contribution in [3.05, 3.63) is 0 Å². The van der Waals surface area contributed by atoms with Crippen LogP contribution in [0.3, 0.4) is 0 Å². The van der Waals surface area contributed by atoms with E-state index in [9.17, 15) is 4.79 Å². The molecule has 0 aliphatic carbocycles. The van der Waals surface area contributed by atoms with Crippen molar-refractivity contribution in [2.24, 2.45) is 5.41 Å². The lowest BCUT2D eigenvalue weighted by atomic mass is 9.74. The highest BCUT2D eigenvalue weighted by molar-refractivity contribution is 5.76. The van der Waals surface area contributed by atoms with E-state index in [1.54, 1.807) is 0 Å². The van der Waals surface area contributed by atoms with Gasteiger partial charge in [0.05, 0.1) is 0 Å². The molecule has 5 heteroatoms. The maximum Gasteiger partial charge on any atom is 0.317 e. The summed E-state index contributed by atoms with van der Waals surface area (Å²) >= 11 is 0. The van der Waals surface area contributed by atoms with Crippen molar-refractivity contribution in [2.45, 2.75) is 25.7 Å². The molecule has 3 aliphatic rings. The minimum atomic E-state index is 0.117. The van der Waals surface area contributed by atoms with Gasteiger partial charge in [-0.15, -0.1) is 0 Å². The summed E-state index contributed by atoms with van der Waals surface area (Å²) in [5.74, 6) is 0. The van der Waals surface area contributed by atoms with Crippen molar-refractivity contribution < 1.29 is 4.79 Å². The summed E-state index contributed by atoms with van der Waals surface area (Å²) in [7, 11) is 0. The minimum Gasteiger partial charge on any atom is -0.336 e. The Labute approximate surface area is 115 Å². The van der Waals surface area contributed by atoms with Gasteiger partial charge in [-0.05, 0) is 44.2 Å². The molecule has 0 bridgehead atoms. The van der Waals surface area contributed by atoms with Crippen LogP contribution in [-0.4, -0.2) is 68.2 Å². The van der Waals surface area contributed by atoms with Crippen molar-refractivity contribution in [3.63, 3.8) is 0 Å². The summed E-state index contributed by atoms with van der Waals surface area (Å²) in [6.07, 6.45) is 5.39. The second-order valence-electron chi connectivity index (χ2n) is 6.38. The second kappa shape index (κ2) is 5.67. The van der Waals surface area contributed by atoms with Gasteiger partial charge in [0.2, 0.25) is 0 Å². The standard InChI is InChI=1S/C14H26N4O/c19-13-16-6-8-18(13)10-9-17-7-2-4-14(12-17)3-1-5-15-11-14/h15H,1-12H2,(H,16,19). The third kappa shape index (κ3) is 3.03. The first-order chi connectivity index (χ1) is 9.27. The van der Waals surface area contributed by atoms with E-state index in [2.05, 4.69) is 15.5 Å². The Morgan fingerprint density at radius 2 is 2.00 bits per heavy atom. The molecule has 1 atom stereocenters. The smallest absolute Gasteiger partial charge is 0.317 e. The molecule has 108 valence electrons. The average molecular weight is 266 g/mol. The molecule has 0 aromatic rings. The maximum atomic E-state index is 11.5. The number of nitrogens with one attached hydrogen (secondary N) is 2. The molecular formula is C14H26N4O. The summed E-state index contributed by atoms with van der Waals surface area (Å²) in [5.41, 5.74) is 0.518. The lowest BCUT2D eigenvalue weighted by Gasteiger charge is -2.45. The highest BCUT2D eigenvalue weighted by atomic mass is 16.2. The zero-order chi connectivity index (χ0) is 13.1. The largest absolute Gasteiger partial charge is 0.336 e. The van der Waals surface area contributed by atoms with E-state index in [0.29, 0.717) is 5.41 Å². The molecule has 1 unspecified atom stereocenters. The molecule has 3 heterocycles. The molecule has 1 spiro atoms. The number of hydrogen-bond acceptors (Lipinski definition) is 3. The van der Waals surface area contributed by atoms with E-state index in [0.717, 1.165) is 26.2 Å². The summed E-state index contributed by atoms with van der Waals surface area (Å²) in [6, 6.07) is 0.117. The second-order valence-corrected chi connectivity index (χ2v) is 6.38. The van der Waals surface area contributed by atoms with Gasteiger partial charge in [-0.2, -0.15) is 0 Å². The van der Waals surface area contributed by atoms with Crippen LogP contribution in [0, 0.1) is 5.41 Å². The fourth-order valence-corrected chi connectivity index (χ4v) is 3.87. The van der Waals surface area contributed by atoms with Crippen molar-refractivity contribution >= 4 is 6.03 Å². The van der Waals surface area contributed by atoms with Crippen LogP contribution in [0.2, 0.25) is 0 Å². The SMILES string of the molecule is O=C1NCCN1CCN1CCCC2(CCCNC2)C1. The number of rotatable bonds is 3. The summed E-state index contributed by atoms with van der Waals surface area (Å²) in [5, 5.41) is 6.44. The third-order valence-corrected chi connectivity index (χ3v) is 4.93. The molecular weight excluding hydrogens is 240 g/mol. The molecule has 0 aromatic carbocycles. The molecule has 3 aliphatic heterocycles. The number of urea groups is 1. The molecule has 2 amide bonds. The number of carbonyl (C=O) groups excluding carboxylic acids is 1. The molecule has 3 rings (SSSR count). The first-order valence-electron chi connectivity index (χ1n) is 7.73. The van der Waals surface area contributed by atoms with Crippen molar-refractivity contribution in [1.82, 2.24) is 20.4 Å². The molecule has 2 N–H and O–H groups in total. The van der Waals surface area contributed by atoms with Gasteiger partial charge in [0, 0.05) is 39.3 Å². The highest BCUT2D eigenvalue weighted by Gasteiger charge is 2.36. The van der Waals surface area contributed by atoms with Crippen molar-refractivity contribution in [2.75, 3.05) is 52.4 Å². The van der Waals surface area contributed by atoms with Gasteiger partial charge in [0.1, 0.15) is 0 Å². The van der Waals surface area contributed by atoms with E-state index >= 15 is 0 Å². The van der Waals surface area contributed by atoms with Gasteiger partial charge in [-0.3, -0.25) is 0 Å². The van der Waals surface area contributed by atoms with Crippen LogP contribution >= 0.6 is 0 Å². The van der Waals surface area contributed by atoms with Crippen LogP contribution in [0.25, 0.3) is 0 Å². The fraction of sp³-hybridized carbons (Fsp3) is 0.929. The van der Waals surface area contributed by atoms with Gasteiger partial charge in [-0.1, -0.05) is 0 Å². The number of piperidine rings is 2. The Morgan fingerprint density at radius 3 is 2.74 bits per heavy atom. The van der Waals surface area contributed by atoms with Gasteiger partial charge in [0.15, 0.2) is 0 Å². The Kier molecular flexibility index (Phi) is 3.93. The van der Waals surface area contributed by atoms with Crippen LogP contribution in [-0.2, 0) is 0 Å². The zero-order valence-electron chi connectivity index (χ0n) is 11.8. The highest BCUT2D eigenvalue weighted by Crippen LogP contribution is 2.35. The summed E-state index contributed by atoms with van der Waals surface area (Å²) < 4.78 is 0. The van der Waals surface area contributed by atoms with E-state index < -0.39 is 0 Å². The normalized spacial score (nSPS) is 32.8. The number of nitrogens with zero attached hydrogens (tertiary/aromatic N) is 2. The quantitative estimate of drug-likeness (QED) is 0.781. The Morgan fingerprint density at radius 1 is 1.11 bits per heavy atom. The van der Waals surface area contributed by atoms with Crippen LogP contribution < -0.4 is 10.6 Å². The number of carbonyl (C=O) groups is 1. The average Bonchev–Trinajstić information content (AvgIpc) is 2.83. The van der Waals surface area contributed by atoms with Crippen LogP contribution in [0.4, 0.5) is 4.79 Å². The Balaban J connectivity index is 1.49. The summed E-state index contributed by atoms with van der Waals surface area (Å²) in [4.78, 5) is 16.0. The minimum absolute atomic E-state index is 0.117. The first-order valence-corrected chi connectivity index (χ1v) is 7.73. The predicted molar refractivity (Wildman–Crippen MR) is 75.2 cm³/mol. The van der Waals surface area contributed by atoms with Gasteiger partial charge in [-0.25, -0.2) is 4.79 Å². The molecule has 0 radical (unpaired) electrons. The van der Waals surface area contributed by atoms with E-state index in [-0.39, 0.29) is 6.03 Å². The maximum absolute atomic E-state index is 11.5. The van der Waals surface area contributed by atoms with Crippen molar-refractivity contribution in [1.29, 1.82) is 0 Å². The van der Waals surface area contributed by atoms with E-state index in [1.165, 1.54) is 51.9 Å². The fourth-order valence-electron chi connectivity index (χ4n) is 3.87. The topological polar surface area (TPSA) is 47.6 Å². The van der Waals surface area contributed by atoms with Crippen LogP contribution in [0.1, 0.15) is 25.7 Å². The molecule has 3 saturated heterocycles. The zero-order valence-corrected chi connectivity index (χ0v) is 11.8. The monoisotopic (exact) mass is 266 g/mol. The lowest BCUT2D eigenvalue weighted by Crippen LogP contribution is -2.52. The van der Waals surface area contributed by atoms with Crippen molar-refractivity contribution in [3.8, 4) is 0 Å².